The lowest BCUT2D eigenvalue weighted by molar-refractivity contribution is 0.308. The van der Waals surface area contributed by atoms with Gasteiger partial charge < -0.3 is 10.2 Å². The Hall–Kier alpha value is -0.860. The standard InChI is InChI=1S/C19H30N2/c1-2-3-9-19(17-7-5-4-6-8-17)20-14-16-12-13-21(15-16)18-10-11-18/h4-8,16,18-20H,2-3,9-15H2,1H3. The maximum Gasteiger partial charge on any atom is 0.0320 e. The second-order valence-electron chi connectivity index (χ2n) is 6.89. The molecule has 1 aromatic carbocycles. The van der Waals surface area contributed by atoms with E-state index in [0.717, 1.165) is 12.0 Å². The van der Waals surface area contributed by atoms with E-state index in [1.807, 2.05) is 0 Å². The summed E-state index contributed by atoms with van der Waals surface area (Å²) in [5.41, 5.74) is 1.46. The molecular formula is C19H30N2. The van der Waals surface area contributed by atoms with Crippen LogP contribution in [-0.4, -0.2) is 30.6 Å². The van der Waals surface area contributed by atoms with Gasteiger partial charge in [0.25, 0.3) is 0 Å². The van der Waals surface area contributed by atoms with E-state index in [0.29, 0.717) is 6.04 Å². The Morgan fingerprint density at radius 1 is 1.19 bits per heavy atom. The lowest BCUT2D eigenvalue weighted by Gasteiger charge is -2.22. The molecule has 1 heterocycles. The molecule has 2 heteroatoms. The Kier molecular flexibility index (Phi) is 5.32. The quantitative estimate of drug-likeness (QED) is 0.777. The number of hydrogen-bond donors (Lipinski definition) is 1. The van der Waals surface area contributed by atoms with Crippen LogP contribution in [0.5, 0.6) is 0 Å². The molecule has 21 heavy (non-hydrogen) atoms. The molecule has 2 nitrogen and oxygen atoms in total. The molecule has 0 aromatic heterocycles. The molecule has 2 fully saturated rings. The average Bonchev–Trinajstić information content (AvgIpc) is 3.27. The van der Waals surface area contributed by atoms with Gasteiger partial charge in [0.1, 0.15) is 0 Å². The van der Waals surface area contributed by atoms with Crippen molar-refractivity contribution in [1.82, 2.24) is 10.2 Å². The molecule has 2 aliphatic rings. The summed E-state index contributed by atoms with van der Waals surface area (Å²) in [7, 11) is 0. The summed E-state index contributed by atoms with van der Waals surface area (Å²) in [4.78, 5) is 2.72. The summed E-state index contributed by atoms with van der Waals surface area (Å²) in [5, 5.41) is 3.87. The minimum absolute atomic E-state index is 0.543. The Labute approximate surface area is 129 Å². The first-order valence-corrected chi connectivity index (χ1v) is 8.89. The van der Waals surface area contributed by atoms with Crippen molar-refractivity contribution >= 4 is 0 Å². The van der Waals surface area contributed by atoms with Crippen LogP contribution in [0.25, 0.3) is 0 Å². The molecule has 0 spiro atoms. The highest BCUT2D eigenvalue weighted by atomic mass is 15.2. The van der Waals surface area contributed by atoms with Crippen molar-refractivity contribution in [3.8, 4) is 0 Å². The molecular weight excluding hydrogens is 256 g/mol. The molecule has 1 aromatic rings. The predicted octanol–water partition coefficient (Wildman–Crippen LogP) is 3.99. The average molecular weight is 286 g/mol. The highest BCUT2D eigenvalue weighted by Crippen LogP contribution is 2.31. The second-order valence-corrected chi connectivity index (χ2v) is 6.89. The van der Waals surface area contributed by atoms with Gasteiger partial charge in [-0.15, -0.1) is 0 Å². The molecule has 1 aliphatic heterocycles. The van der Waals surface area contributed by atoms with Gasteiger partial charge in [0.15, 0.2) is 0 Å². The van der Waals surface area contributed by atoms with Crippen LogP contribution >= 0.6 is 0 Å². The van der Waals surface area contributed by atoms with Gasteiger partial charge in [0, 0.05) is 18.6 Å². The van der Waals surface area contributed by atoms with Crippen molar-refractivity contribution in [3.63, 3.8) is 0 Å². The molecule has 1 saturated heterocycles. The van der Waals surface area contributed by atoms with Gasteiger partial charge in [-0.25, -0.2) is 0 Å². The highest BCUT2D eigenvalue weighted by Gasteiger charge is 2.34. The molecule has 1 N–H and O–H groups in total. The van der Waals surface area contributed by atoms with E-state index in [4.69, 9.17) is 0 Å². The van der Waals surface area contributed by atoms with E-state index in [9.17, 15) is 0 Å². The van der Waals surface area contributed by atoms with Crippen molar-refractivity contribution in [3.05, 3.63) is 35.9 Å². The summed E-state index contributed by atoms with van der Waals surface area (Å²) in [6.45, 7) is 6.13. The van der Waals surface area contributed by atoms with Crippen LogP contribution in [0.3, 0.4) is 0 Å². The third-order valence-electron chi connectivity index (χ3n) is 5.08. The van der Waals surface area contributed by atoms with E-state index in [2.05, 4.69) is 47.5 Å². The maximum atomic E-state index is 3.87. The van der Waals surface area contributed by atoms with E-state index in [1.54, 1.807) is 0 Å². The van der Waals surface area contributed by atoms with Crippen molar-refractivity contribution in [2.45, 2.75) is 57.5 Å². The van der Waals surface area contributed by atoms with E-state index >= 15 is 0 Å². The van der Waals surface area contributed by atoms with Gasteiger partial charge in [0.05, 0.1) is 0 Å². The Bertz CT molecular complexity index is 413. The zero-order valence-electron chi connectivity index (χ0n) is 13.4. The normalized spacial score (nSPS) is 24.3. The van der Waals surface area contributed by atoms with Crippen LogP contribution < -0.4 is 5.32 Å². The number of likely N-dealkylation sites (tertiary alicyclic amines) is 1. The predicted molar refractivity (Wildman–Crippen MR) is 89.4 cm³/mol. The van der Waals surface area contributed by atoms with Gasteiger partial charge in [-0.05, 0) is 50.3 Å². The monoisotopic (exact) mass is 286 g/mol. The largest absolute Gasteiger partial charge is 0.310 e. The topological polar surface area (TPSA) is 15.3 Å². The van der Waals surface area contributed by atoms with Gasteiger partial charge in [-0.2, -0.15) is 0 Å². The first-order chi connectivity index (χ1) is 10.4. The first-order valence-electron chi connectivity index (χ1n) is 8.89. The Morgan fingerprint density at radius 2 is 2.00 bits per heavy atom. The van der Waals surface area contributed by atoms with Gasteiger partial charge in [-0.3, -0.25) is 0 Å². The number of rotatable bonds is 8. The minimum atomic E-state index is 0.543. The lowest BCUT2D eigenvalue weighted by atomic mass is 10.00. The molecule has 3 rings (SSSR count). The summed E-state index contributed by atoms with van der Waals surface area (Å²) in [6, 6.07) is 12.5. The summed E-state index contributed by atoms with van der Waals surface area (Å²) in [6.07, 6.45) is 8.14. The maximum absolute atomic E-state index is 3.87. The van der Waals surface area contributed by atoms with Crippen molar-refractivity contribution in [2.75, 3.05) is 19.6 Å². The van der Waals surface area contributed by atoms with Crippen LogP contribution in [0, 0.1) is 5.92 Å². The fraction of sp³-hybridized carbons (Fsp3) is 0.684. The van der Waals surface area contributed by atoms with Crippen LogP contribution in [0.2, 0.25) is 0 Å². The first kappa shape index (κ1) is 15.1. The zero-order valence-corrected chi connectivity index (χ0v) is 13.4. The molecule has 2 unspecified atom stereocenters. The third kappa shape index (κ3) is 4.31. The molecule has 0 amide bonds. The lowest BCUT2D eigenvalue weighted by Crippen LogP contribution is -2.30. The van der Waals surface area contributed by atoms with Crippen LogP contribution in [0.15, 0.2) is 30.3 Å². The van der Waals surface area contributed by atoms with Gasteiger partial charge in [0.2, 0.25) is 0 Å². The van der Waals surface area contributed by atoms with Crippen LogP contribution in [0.4, 0.5) is 0 Å². The highest BCUT2D eigenvalue weighted by molar-refractivity contribution is 5.18. The Morgan fingerprint density at radius 3 is 2.71 bits per heavy atom. The number of nitrogens with one attached hydrogen (secondary N) is 1. The van der Waals surface area contributed by atoms with E-state index in [1.165, 1.54) is 63.7 Å². The van der Waals surface area contributed by atoms with Gasteiger partial charge >= 0.3 is 0 Å². The number of hydrogen-bond acceptors (Lipinski definition) is 2. The van der Waals surface area contributed by atoms with Gasteiger partial charge in [-0.1, -0.05) is 50.1 Å². The molecule has 1 aliphatic carbocycles. The summed E-state index contributed by atoms with van der Waals surface area (Å²) >= 11 is 0. The fourth-order valence-corrected chi connectivity index (χ4v) is 3.59. The Balaban J connectivity index is 1.50. The SMILES string of the molecule is CCCCC(NCC1CCN(C2CC2)C1)c1ccccc1. The molecule has 0 radical (unpaired) electrons. The molecule has 1 saturated carbocycles. The minimum Gasteiger partial charge on any atom is -0.310 e. The number of benzene rings is 1. The summed E-state index contributed by atoms with van der Waals surface area (Å²) in [5.74, 6) is 0.860. The zero-order chi connectivity index (χ0) is 14.5. The van der Waals surface area contributed by atoms with Crippen molar-refractivity contribution in [2.24, 2.45) is 5.92 Å². The van der Waals surface area contributed by atoms with E-state index < -0.39 is 0 Å². The number of nitrogens with zero attached hydrogens (tertiary/aromatic N) is 1. The second kappa shape index (κ2) is 7.42. The third-order valence-corrected chi connectivity index (χ3v) is 5.08. The van der Waals surface area contributed by atoms with Crippen molar-refractivity contribution < 1.29 is 0 Å². The number of unbranched alkanes of at least 4 members (excludes halogenated alkanes) is 1. The van der Waals surface area contributed by atoms with Crippen molar-refractivity contribution in [1.29, 1.82) is 0 Å². The molecule has 116 valence electrons. The smallest absolute Gasteiger partial charge is 0.0320 e. The van der Waals surface area contributed by atoms with Crippen LogP contribution in [-0.2, 0) is 0 Å². The molecule has 2 atom stereocenters. The van der Waals surface area contributed by atoms with E-state index in [-0.39, 0.29) is 0 Å². The molecule has 0 bridgehead atoms. The fourth-order valence-electron chi connectivity index (χ4n) is 3.59. The van der Waals surface area contributed by atoms with Crippen LogP contribution in [0.1, 0.15) is 57.1 Å². The summed E-state index contributed by atoms with van der Waals surface area (Å²) < 4.78 is 0.